The first-order valence-electron chi connectivity index (χ1n) is 9.74. The van der Waals surface area contributed by atoms with E-state index in [1.54, 1.807) is 37.3 Å². The molecular formula is C24H23N3O4. The van der Waals surface area contributed by atoms with Crippen LogP contribution in [0.5, 0.6) is 11.5 Å². The van der Waals surface area contributed by atoms with Crippen LogP contribution in [0.15, 0.2) is 58.6 Å². The highest BCUT2D eigenvalue weighted by molar-refractivity contribution is 6.09. The summed E-state index contributed by atoms with van der Waals surface area (Å²) in [5, 5.41) is 15.5. The number of amides is 1. The summed E-state index contributed by atoms with van der Waals surface area (Å²) in [6, 6.07) is 16.6. The highest BCUT2D eigenvalue weighted by Gasteiger charge is 2.12. The number of benzene rings is 2. The standard InChI is InChI=1S/C24H23N3O4/c1-16-5-4-6-17(2)23(16)30-12-11-29-21-9-7-19(8-10-21)14-20(15-25)24(28)26-22-13-18(3)31-27-22/h4-10,13-14H,11-12H2,1-3H3,(H,26,27,28)/b20-14-. The maximum absolute atomic E-state index is 12.2. The number of rotatable bonds is 8. The van der Waals surface area contributed by atoms with Crippen molar-refractivity contribution in [3.63, 3.8) is 0 Å². The SMILES string of the molecule is Cc1cc(NC(=O)/C(C#N)=C\c2ccc(OCCOc3c(C)cccc3C)cc2)no1. The van der Waals surface area contributed by atoms with Gasteiger partial charge in [0.25, 0.3) is 5.91 Å². The predicted octanol–water partition coefficient (Wildman–Crippen LogP) is 4.60. The van der Waals surface area contributed by atoms with Crippen molar-refractivity contribution in [2.45, 2.75) is 20.8 Å². The van der Waals surface area contributed by atoms with E-state index in [9.17, 15) is 10.1 Å². The number of aromatic nitrogens is 1. The van der Waals surface area contributed by atoms with Gasteiger partial charge in [-0.25, -0.2) is 0 Å². The van der Waals surface area contributed by atoms with Crippen molar-refractivity contribution in [2.75, 3.05) is 18.5 Å². The van der Waals surface area contributed by atoms with Gasteiger partial charge in [-0.05, 0) is 55.7 Å². The van der Waals surface area contributed by atoms with Crippen molar-refractivity contribution in [2.24, 2.45) is 0 Å². The van der Waals surface area contributed by atoms with Crippen molar-refractivity contribution in [3.8, 4) is 17.6 Å². The molecule has 3 aromatic rings. The van der Waals surface area contributed by atoms with Crippen LogP contribution in [0.2, 0.25) is 0 Å². The Hall–Kier alpha value is -4.05. The number of para-hydroxylation sites is 1. The van der Waals surface area contributed by atoms with Gasteiger partial charge in [0.15, 0.2) is 5.82 Å². The fourth-order valence-corrected chi connectivity index (χ4v) is 2.91. The molecule has 31 heavy (non-hydrogen) atoms. The van der Waals surface area contributed by atoms with Gasteiger partial charge in [0.05, 0.1) is 0 Å². The number of carbonyl (C=O) groups excluding carboxylic acids is 1. The molecule has 0 aliphatic carbocycles. The number of hydrogen-bond donors (Lipinski definition) is 1. The Morgan fingerprint density at radius 2 is 1.77 bits per heavy atom. The summed E-state index contributed by atoms with van der Waals surface area (Å²) in [6.07, 6.45) is 1.50. The highest BCUT2D eigenvalue weighted by atomic mass is 16.5. The highest BCUT2D eigenvalue weighted by Crippen LogP contribution is 2.22. The van der Waals surface area contributed by atoms with Crippen molar-refractivity contribution < 1.29 is 18.8 Å². The number of nitrogens with zero attached hydrogens (tertiary/aromatic N) is 2. The van der Waals surface area contributed by atoms with Crippen molar-refractivity contribution >= 4 is 17.8 Å². The summed E-state index contributed by atoms with van der Waals surface area (Å²) >= 11 is 0. The smallest absolute Gasteiger partial charge is 0.267 e. The first kappa shape index (κ1) is 21.7. The lowest BCUT2D eigenvalue weighted by atomic mass is 10.1. The molecule has 0 fully saturated rings. The number of nitriles is 1. The average Bonchev–Trinajstić information content (AvgIpc) is 3.16. The third-order valence-electron chi connectivity index (χ3n) is 4.43. The molecule has 0 aliphatic heterocycles. The second kappa shape index (κ2) is 10.1. The number of aryl methyl sites for hydroxylation is 3. The Bertz CT molecular complexity index is 1100. The Balaban J connectivity index is 1.54. The fourth-order valence-electron chi connectivity index (χ4n) is 2.91. The molecule has 1 aromatic heterocycles. The average molecular weight is 417 g/mol. The lowest BCUT2D eigenvalue weighted by Crippen LogP contribution is -2.13. The summed E-state index contributed by atoms with van der Waals surface area (Å²) in [7, 11) is 0. The summed E-state index contributed by atoms with van der Waals surface area (Å²) in [6.45, 7) is 6.55. The zero-order valence-electron chi connectivity index (χ0n) is 17.6. The van der Waals surface area contributed by atoms with E-state index in [1.165, 1.54) is 6.08 Å². The van der Waals surface area contributed by atoms with Gasteiger partial charge < -0.3 is 19.3 Å². The van der Waals surface area contributed by atoms with Crippen LogP contribution >= 0.6 is 0 Å². The summed E-state index contributed by atoms with van der Waals surface area (Å²) in [4.78, 5) is 12.2. The van der Waals surface area contributed by atoms with E-state index >= 15 is 0 Å². The van der Waals surface area contributed by atoms with Crippen LogP contribution in [-0.4, -0.2) is 24.3 Å². The zero-order chi connectivity index (χ0) is 22.2. The van der Waals surface area contributed by atoms with Crippen molar-refractivity contribution in [1.29, 1.82) is 5.26 Å². The molecule has 7 nitrogen and oxygen atoms in total. The van der Waals surface area contributed by atoms with Crippen LogP contribution in [0, 0.1) is 32.1 Å². The molecule has 3 rings (SSSR count). The van der Waals surface area contributed by atoms with Gasteiger partial charge >= 0.3 is 0 Å². The topological polar surface area (TPSA) is 97.4 Å². The third-order valence-corrected chi connectivity index (χ3v) is 4.43. The van der Waals surface area contributed by atoms with E-state index in [0.717, 1.165) is 16.9 Å². The molecule has 1 amide bonds. The maximum atomic E-state index is 12.2. The molecular weight excluding hydrogens is 394 g/mol. The second-order valence-corrected chi connectivity index (χ2v) is 6.93. The summed E-state index contributed by atoms with van der Waals surface area (Å²) < 4.78 is 16.4. The number of anilines is 1. The molecule has 1 heterocycles. The quantitative estimate of drug-likeness (QED) is 0.327. The summed E-state index contributed by atoms with van der Waals surface area (Å²) in [5.74, 6) is 1.82. The molecule has 7 heteroatoms. The largest absolute Gasteiger partial charge is 0.490 e. The van der Waals surface area contributed by atoms with Gasteiger partial charge in [-0.15, -0.1) is 0 Å². The monoisotopic (exact) mass is 417 g/mol. The van der Waals surface area contributed by atoms with Crippen molar-refractivity contribution in [3.05, 3.63) is 76.6 Å². The molecule has 2 aromatic carbocycles. The number of hydrogen-bond acceptors (Lipinski definition) is 6. The van der Waals surface area contributed by atoms with Crippen LogP contribution in [0.3, 0.4) is 0 Å². The molecule has 0 bridgehead atoms. The molecule has 0 radical (unpaired) electrons. The molecule has 0 spiro atoms. The van der Waals surface area contributed by atoms with E-state index in [0.29, 0.717) is 30.3 Å². The van der Waals surface area contributed by atoms with Crippen LogP contribution in [0.1, 0.15) is 22.5 Å². The fraction of sp³-hybridized carbons (Fsp3) is 0.208. The van der Waals surface area contributed by atoms with E-state index in [1.807, 2.05) is 38.1 Å². The zero-order valence-corrected chi connectivity index (χ0v) is 17.6. The third kappa shape index (κ3) is 5.97. The lowest BCUT2D eigenvalue weighted by molar-refractivity contribution is -0.112. The van der Waals surface area contributed by atoms with E-state index in [-0.39, 0.29) is 11.4 Å². The van der Waals surface area contributed by atoms with Gasteiger partial charge in [0.2, 0.25) is 0 Å². The van der Waals surface area contributed by atoms with Crippen LogP contribution in [0.25, 0.3) is 6.08 Å². The number of nitrogens with one attached hydrogen (secondary N) is 1. The Labute approximate surface area is 180 Å². The Kier molecular flexibility index (Phi) is 7.07. The van der Waals surface area contributed by atoms with Crippen molar-refractivity contribution in [1.82, 2.24) is 5.16 Å². The molecule has 0 unspecified atom stereocenters. The first-order chi connectivity index (χ1) is 15.0. The Morgan fingerprint density at radius 3 is 2.39 bits per heavy atom. The van der Waals surface area contributed by atoms with Crippen LogP contribution < -0.4 is 14.8 Å². The molecule has 0 saturated heterocycles. The predicted molar refractivity (Wildman–Crippen MR) is 117 cm³/mol. The van der Waals surface area contributed by atoms with E-state index < -0.39 is 5.91 Å². The normalized spacial score (nSPS) is 11.0. The summed E-state index contributed by atoms with van der Waals surface area (Å²) in [5.41, 5.74) is 2.83. The second-order valence-electron chi connectivity index (χ2n) is 6.93. The van der Waals surface area contributed by atoms with E-state index in [4.69, 9.17) is 14.0 Å². The first-order valence-corrected chi connectivity index (χ1v) is 9.74. The molecule has 0 saturated carbocycles. The van der Waals surface area contributed by atoms with Crippen LogP contribution in [-0.2, 0) is 4.79 Å². The Morgan fingerprint density at radius 1 is 1.10 bits per heavy atom. The minimum absolute atomic E-state index is 0.0451. The lowest BCUT2D eigenvalue weighted by Gasteiger charge is -2.12. The molecule has 1 N–H and O–H groups in total. The maximum Gasteiger partial charge on any atom is 0.267 e. The molecule has 158 valence electrons. The van der Waals surface area contributed by atoms with Gasteiger partial charge in [-0.3, -0.25) is 4.79 Å². The van der Waals surface area contributed by atoms with E-state index in [2.05, 4.69) is 10.5 Å². The van der Waals surface area contributed by atoms with Gasteiger partial charge in [0.1, 0.15) is 42.1 Å². The minimum atomic E-state index is -0.556. The minimum Gasteiger partial charge on any atom is -0.490 e. The number of ether oxygens (including phenoxy) is 2. The van der Waals surface area contributed by atoms with Crippen LogP contribution in [0.4, 0.5) is 5.82 Å². The molecule has 0 atom stereocenters. The van der Waals surface area contributed by atoms with Gasteiger partial charge in [-0.1, -0.05) is 35.5 Å². The number of carbonyl (C=O) groups is 1. The van der Waals surface area contributed by atoms with Gasteiger partial charge in [-0.2, -0.15) is 5.26 Å². The van der Waals surface area contributed by atoms with Gasteiger partial charge in [0, 0.05) is 6.07 Å². The molecule has 0 aliphatic rings.